The first kappa shape index (κ1) is 25.0. The van der Waals surface area contributed by atoms with Crippen molar-refractivity contribution < 1.29 is 22.7 Å². The highest BCUT2D eigenvalue weighted by Crippen LogP contribution is 2.42. The number of hydrogen-bond acceptors (Lipinski definition) is 5. The summed E-state index contributed by atoms with van der Waals surface area (Å²) in [7, 11) is 0. The fraction of sp³-hybridized carbons (Fsp3) is 0.600. The van der Waals surface area contributed by atoms with Crippen LogP contribution in [-0.2, 0) is 17.5 Å². The van der Waals surface area contributed by atoms with Gasteiger partial charge in [0.25, 0.3) is 0 Å². The number of carbonyl (C=O) groups is 1. The number of likely N-dealkylation sites (tertiary alicyclic amines) is 1. The van der Waals surface area contributed by atoms with Gasteiger partial charge < -0.3 is 15.0 Å². The molecule has 186 valence electrons. The Morgan fingerprint density at radius 3 is 2.56 bits per heavy atom. The largest absolute Gasteiger partial charge is 0.444 e. The predicted molar refractivity (Wildman–Crippen MR) is 126 cm³/mol. The number of fused-ring (bicyclic) bond motifs is 1. The third-order valence-corrected chi connectivity index (χ3v) is 7.53. The summed E-state index contributed by atoms with van der Waals surface area (Å²) in [6, 6.07) is 8.59. The fourth-order valence-corrected chi connectivity index (χ4v) is 6.04. The molecule has 0 bridgehead atoms. The second kappa shape index (κ2) is 9.85. The Morgan fingerprint density at radius 1 is 1.18 bits per heavy atom. The number of carbonyl (C=O) groups excluding carboxylic acids is 1. The van der Waals surface area contributed by atoms with Gasteiger partial charge in [0, 0.05) is 30.7 Å². The molecule has 0 spiro atoms. The molecule has 1 aliphatic carbocycles. The van der Waals surface area contributed by atoms with E-state index in [2.05, 4.69) is 10.3 Å². The average molecular weight is 496 g/mol. The van der Waals surface area contributed by atoms with Crippen LogP contribution in [0.1, 0.15) is 62.8 Å². The monoisotopic (exact) mass is 495 g/mol. The van der Waals surface area contributed by atoms with E-state index in [0.29, 0.717) is 34.4 Å². The summed E-state index contributed by atoms with van der Waals surface area (Å²) in [5, 5.41) is 3.66. The highest BCUT2D eigenvalue weighted by molar-refractivity contribution is 7.12. The van der Waals surface area contributed by atoms with Crippen molar-refractivity contribution in [1.82, 2.24) is 15.2 Å². The summed E-state index contributed by atoms with van der Waals surface area (Å²) in [6.07, 6.45) is 0.472. The summed E-state index contributed by atoms with van der Waals surface area (Å²) < 4.78 is 46.7. The molecule has 4 rings (SSSR count). The standard InChI is InChI=1S/C25H32F3N3O2S/c1-24(2,3)33-23(32)31-18(13-17-11-7-8-12-19(17)31)14-29-15-20-30-21(16-9-5-4-6-10-16)22(34-20)25(26,27)28/h4-6,9-10,17-19,29H,7-8,11-15H2,1-3H3/t17-,18-,19-/m0/s1. The summed E-state index contributed by atoms with van der Waals surface area (Å²) in [4.78, 5) is 18.5. The van der Waals surface area contributed by atoms with Crippen molar-refractivity contribution in [3.8, 4) is 11.3 Å². The highest BCUT2D eigenvalue weighted by Gasteiger charge is 2.45. The van der Waals surface area contributed by atoms with Crippen LogP contribution in [0.2, 0.25) is 0 Å². The number of halogens is 3. The quantitative estimate of drug-likeness (QED) is 0.515. The molecule has 0 radical (unpaired) electrons. The minimum absolute atomic E-state index is 0.0304. The zero-order valence-corrected chi connectivity index (χ0v) is 20.6. The van der Waals surface area contributed by atoms with Gasteiger partial charge in [0.2, 0.25) is 0 Å². The Labute approximate surface area is 202 Å². The van der Waals surface area contributed by atoms with Crippen LogP contribution in [0.3, 0.4) is 0 Å². The number of hydrogen-bond donors (Lipinski definition) is 1. The van der Waals surface area contributed by atoms with Crippen LogP contribution >= 0.6 is 11.3 Å². The molecule has 1 saturated carbocycles. The Hall–Kier alpha value is -2.13. The number of benzene rings is 1. The van der Waals surface area contributed by atoms with E-state index < -0.39 is 16.7 Å². The van der Waals surface area contributed by atoms with Crippen LogP contribution in [0.4, 0.5) is 18.0 Å². The molecule has 9 heteroatoms. The van der Waals surface area contributed by atoms with Crippen LogP contribution in [0, 0.1) is 5.92 Å². The van der Waals surface area contributed by atoms with Crippen molar-refractivity contribution in [2.45, 2.75) is 83.3 Å². The lowest BCUT2D eigenvalue weighted by atomic mass is 9.85. The molecule has 1 amide bonds. The summed E-state index contributed by atoms with van der Waals surface area (Å²) in [5.74, 6) is 0.453. The molecule has 2 aromatic rings. The van der Waals surface area contributed by atoms with E-state index in [1.807, 2.05) is 25.7 Å². The minimum Gasteiger partial charge on any atom is -0.444 e. The number of ether oxygens (including phenoxy) is 1. The maximum Gasteiger partial charge on any atom is 0.427 e. The lowest BCUT2D eigenvalue weighted by molar-refractivity contribution is -0.134. The van der Waals surface area contributed by atoms with Crippen LogP contribution in [0.15, 0.2) is 30.3 Å². The fourth-order valence-electron chi connectivity index (χ4n) is 5.11. The van der Waals surface area contributed by atoms with Crippen molar-refractivity contribution in [3.63, 3.8) is 0 Å². The van der Waals surface area contributed by atoms with E-state index in [9.17, 15) is 18.0 Å². The summed E-state index contributed by atoms with van der Waals surface area (Å²) in [6.45, 7) is 6.29. The maximum absolute atomic E-state index is 13.7. The smallest absolute Gasteiger partial charge is 0.427 e. The van der Waals surface area contributed by atoms with E-state index in [4.69, 9.17) is 4.74 Å². The number of aromatic nitrogens is 1. The molecule has 0 unspecified atom stereocenters. The summed E-state index contributed by atoms with van der Waals surface area (Å²) >= 11 is 0.675. The van der Waals surface area contributed by atoms with Gasteiger partial charge >= 0.3 is 12.3 Å². The third-order valence-electron chi connectivity index (χ3n) is 6.43. The van der Waals surface area contributed by atoms with E-state index >= 15 is 0 Å². The van der Waals surface area contributed by atoms with Gasteiger partial charge in [-0.2, -0.15) is 13.2 Å². The molecule has 2 heterocycles. The van der Waals surface area contributed by atoms with Gasteiger partial charge in [0.05, 0.1) is 5.69 Å². The van der Waals surface area contributed by atoms with Crippen LogP contribution in [0.25, 0.3) is 11.3 Å². The second-order valence-electron chi connectivity index (χ2n) is 10.2. The van der Waals surface area contributed by atoms with Crippen molar-refractivity contribution in [2.75, 3.05) is 6.54 Å². The van der Waals surface area contributed by atoms with Crippen LogP contribution < -0.4 is 5.32 Å². The van der Waals surface area contributed by atoms with Gasteiger partial charge in [0.1, 0.15) is 15.5 Å². The number of nitrogens with one attached hydrogen (secondary N) is 1. The van der Waals surface area contributed by atoms with E-state index in [1.165, 1.54) is 6.42 Å². The first-order valence-corrected chi connectivity index (χ1v) is 12.7. The van der Waals surface area contributed by atoms with Gasteiger partial charge in [-0.05, 0) is 46.0 Å². The van der Waals surface area contributed by atoms with Gasteiger partial charge in [-0.15, -0.1) is 11.3 Å². The first-order valence-electron chi connectivity index (χ1n) is 11.9. The minimum atomic E-state index is -4.46. The molecule has 2 aliphatic rings. The second-order valence-corrected chi connectivity index (χ2v) is 11.3. The molecule has 5 nitrogen and oxygen atoms in total. The van der Waals surface area contributed by atoms with Crippen LogP contribution in [-0.4, -0.2) is 40.2 Å². The van der Waals surface area contributed by atoms with E-state index in [1.54, 1.807) is 30.3 Å². The first-order chi connectivity index (χ1) is 16.0. The molecule has 1 N–H and O–H groups in total. The number of rotatable bonds is 5. The molecule has 1 aliphatic heterocycles. The van der Waals surface area contributed by atoms with Gasteiger partial charge in [-0.25, -0.2) is 9.78 Å². The Balaban J connectivity index is 1.46. The average Bonchev–Trinajstić information content (AvgIpc) is 3.35. The molecule has 2 fully saturated rings. The number of nitrogens with zero attached hydrogens (tertiary/aromatic N) is 2. The van der Waals surface area contributed by atoms with Gasteiger partial charge in [-0.3, -0.25) is 0 Å². The third kappa shape index (κ3) is 5.74. The van der Waals surface area contributed by atoms with Crippen molar-refractivity contribution in [2.24, 2.45) is 5.92 Å². The van der Waals surface area contributed by atoms with E-state index in [0.717, 1.165) is 25.7 Å². The Kier molecular flexibility index (Phi) is 7.24. The Morgan fingerprint density at radius 2 is 1.88 bits per heavy atom. The molecule has 1 saturated heterocycles. The molecule has 1 aromatic heterocycles. The molecular formula is C25H32F3N3O2S. The molecular weight excluding hydrogens is 463 g/mol. The lowest BCUT2D eigenvalue weighted by Gasteiger charge is -2.35. The molecule has 34 heavy (non-hydrogen) atoms. The van der Waals surface area contributed by atoms with Crippen molar-refractivity contribution in [1.29, 1.82) is 0 Å². The zero-order chi connectivity index (χ0) is 24.5. The Bertz CT molecular complexity index is 988. The lowest BCUT2D eigenvalue weighted by Crippen LogP contribution is -2.48. The number of thiazole rings is 1. The topological polar surface area (TPSA) is 54.5 Å². The molecule has 3 atom stereocenters. The number of alkyl halides is 3. The van der Waals surface area contributed by atoms with Gasteiger partial charge in [-0.1, -0.05) is 43.2 Å². The van der Waals surface area contributed by atoms with Crippen molar-refractivity contribution in [3.05, 3.63) is 40.2 Å². The maximum atomic E-state index is 13.7. The molecule has 1 aromatic carbocycles. The predicted octanol–water partition coefficient (Wildman–Crippen LogP) is 6.49. The normalized spacial score (nSPS) is 23.1. The number of amides is 1. The highest BCUT2D eigenvalue weighted by atomic mass is 32.1. The SMILES string of the molecule is CC(C)(C)OC(=O)N1[C@H](CNCc2nc(-c3ccccc3)c(C(F)(F)F)s2)C[C@@H]2CCCC[C@@H]21. The zero-order valence-electron chi connectivity index (χ0n) is 19.8. The van der Waals surface area contributed by atoms with E-state index in [-0.39, 0.29) is 30.4 Å². The van der Waals surface area contributed by atoms with Crippen LogP contribution in [0.5, 0.6) is 0 Å². The van der Waals surface area contributed by atoms with Crippen molar-refractivity contribution >= 4 is 17.4 Å². The van der Waals surface area contributed by atoms with Gasteiger partial charge in [0.15, 0.2) is 0 Å². The summed E-state index contributed by atoms with van der Waals surface area (Å²) in [5.41, 5.74) is -0.157.